The van der Waals surface area contributed by atoms with Crippen molar-refractivity contribution < 1.29 is 0 Å². The summed E-state index contributed by atoms with van der Waals surface area (Å²) in [6.45, 7) is 0. The van der Waals surface area contributed by atoms with Crippen molar-refractivity contribution in [3.05, 3.63) is 76.0 Å². The van der Waals surface area contributed by atoms with Gasteiger partial charge in [-0.2, -0.15) is 0 Å². The molecule has 2 aromatic carbocycles. The third kappa shape index (κ3) is 3.28. The van der Waals surface area contributed by atoms with E-state index in [1.165, 1.54) is 17.5 Å². The Bertz CT molecular complexity index is 830. The number of nitrogens with zero attached hydrogens (tertiary/aromatic N) is 3. The fraction of sp³-hybridized carbons (Fsp3) is 0.263. The maximum atomic E-state index is 4.46. The van der Waals surface area contributed by atoms with E-state index >= 15 is 0 Å². The van der Waals surface area contributed by atoms with Gasteiger partial charge in [0.05, 0.1) is 0 Å². The maximum Gasteiger partial charge on any atom is 0.191 e. The Balaban J connectivity index is 1.43. The number of benzene rings is 2. The second kappa shape index (κ2) is 6.73. The highest BCUT2D eigenvalue weighted by atomic mass is 79.9. The van der Waals surface area contributed by atoms with Gasteiger partial charge in [0.1, 0.15) is 5.82 Å². The summed E-state index contributed by atoms with van der Waals surface area (Å²) in [5, 5.41) is 9.86. The lowest BCUT2D eigenvalue weighted by atomic mass is 10.1. The maximum absolute atomic E-state index is 4.46. The van der Waals surface area contributed by atoms with Crippen LogP contribution in [0.3, 0.4) is 0 Å². The van der Waals surface area contributed by atoms with Crippen LogP contribution in [-0.2, 0) is 12.8 Å². The van der Waals surface area contributed by atoms with E-state index in [-0.39, 0.29) is 0 Å². The Morgan fingerprint density at radius 2 is 1.79 bits per heavy atom. The summed E-state index contributed by atoms with van der Waals surface area (Å²) in [6, 6.07) is 19.1. The lowest BCUT2D eigenvalue weighted by Gasteiger charge is -2.04. The lowest BCUT2D eigenvalue weighted by Crippen LogP contribution is -1.98. The molecule has 1 aliphatic rings. The summed E-state index contributed by atoms with van der Waals surface area (Å²) < 4.78 is 3.27. The van der Waals surface area contributed by atoms with E-state index in [1.807, 2.05) is 0 Å². The first kappa shape index (κ1) is 15.9. The van der Waals surface area contributed by atoms with Gasteiger partial charge in [0, 0.05) is 23.2 Å². The Hall–Kier alpha value is -1.59. The van der Waals surface area contributed by atoms with Crippen molar-refractivity contribution in [2.24, 2.45) is 7.05 Å². The van der Waals surface area contributed by atoms with Crippen LogP contribution in [-0.4, -0.2) is 14.8 Å². The van der Waals surface area contributed by atoms with Crippen molar-refractivity contribution in [2.75, 3.05) is 0 Å². The zero-order valence-corrected chi connectivity index (χ0v) is 15.8. The molecule has 1 fully saturated rings. The third-order valence-corrected chi connectivity index (χ3v) is 6.12. The topological polar surface area (TPSA) is 30.7 Å². The molecular weight excluding hydrogens is 382 g/mol. The van der Waals surface area contributed by atoms with Crippen molar-refractivity contribution in [3.63, 3.8) is 0 Å². The minimum Gasteiger partial charge on any atom is -0.309 e. The molecule has 1 heterocycles. The summed E-state index contributed by atoms with van der Waals surface area (Å²) in [7, 11) is 2.08. The third-order valence-electron chi connectivity index (χ3n) is 4.50. The number of hydrogen-bond donors (Lipinski definition) is 0. The van der Waals surface area contributed by atoms with Gasteiger partial charge < -0.3 is 4.57 Å². The number of rotatable bonds is 5. The molecule has 2 atom stereocenters. The highest BCUT2D eigenvalue weighted by Gasteiger charge is 2.42. The average molecular weight is 400 g/mol. The standard InChI is InChI=1S/C19H18BrN3S/c1-23-18(17-11-16(17)14-5-3-2-4-6-14)21-22-19(23)24-12-13-7-9-15(20)10-8-13/h2-10,16-17H,11-12H2,1H3. The van der Waals surface area contributed by atoms with E-state index in [0.29, 0.717) is 11.8 Å². The summed E-state index contributed by atoms with van der Waals surface area (Å²) in [6.07, 6.45) is 1.17. The quantitative estimate of drug-likeness (QED) is 0.556. The van der Waals surface area contributed by atoms with Crippen LogP contribution in [0.2, 0.25) is 0 Å². The van der Waals surface area contributed by atoms with Crippen molar-refractivity contribution in [1.82, 2.24) is 14.8 Å². The number of hydrogen-bond acceptors (Lipinski definition) is 3. The second-order valence-electron chi connectivity index (χ2n) is 6.17. The molecule has 0 saturated heterocycles. The van der Waals surface area contributed by atoms with Crippen LogP contribution >= 0.6 is 27.7 Å². The molecule has 3 aromatic rings. The molecule has 0 spiro atoms. The largest absolute Gasteiger partial charge is 0.309 e. The first-order valence-electron chi connectivity index (χ1n) is 8.04. The molecule has 0 aliphatic heterocycles. The molecule has 1 aliphatic carbocycles. The highest BCUT2D eigenvalue weighted by molar-refractivity contribution is 9.10. The smallest absolute Gasteiger partial charge is 0.191 e. The SMILES string of the molecule is Cn1c(SCc2ccc(Br)cc2)nnc1C1CC1c1ccccc1. The molecule has 2 unspecified atom stereocenters. The molecule has 4 rings (SSSR count). The monoisotopic (exact) mass is 399 g/mol. The Morgan fingerprint density at radius 3 is 2.54 bits per heavy atom. The van der Waals surface area contributed by atoms with E-state index < -0.39 is 0 Å². The molecule has 1 saturated carbocycles. The normalized spacial score (nSPS) is 19.4. The van der Waals surface area contributed by atoms with E-state index in [1.54, 1.807) is 11.8 Å². The van der Waals surface area contributed by atoms with Crippen molar-refractivity contribution in [3.8, 4) is 0 Å². The molecular formula is C19H18BrN3S. The summed E-state index contributed by atoms with van der Waals surface area (Å²) >= 11 is 5.21. The number of halogens is 1. The summed E-state index contributed by atoms with van der Waals surface area (Å²) in [5.41, 5.74) is 2.70. The fourth-order valence-electron chi connectivity index (χ4n) is 3.05. The zero-order chi connectivity index (χ0) is 16.5. The van der Waals surface area contributed by atoms with E-state index in [0.717, 1.165) is 21.2 Å². The predicted molar refractivity (Wildman–Crippen MR) is 101 cm³/mol. The van der Waals surface area contributed by atoms with Crippen LogP contribution in [0.4, 0.5) is 0 Å². The molecule has 0 N–H and O–H groups in total. The minimum atomic E-state index is 0.506. The number of thioether (sulfide) groups is 1. The van der Waals surface area contributed by atoms with Gasteiger partial charge in [-0.3, -0.25) is 0 Å². The first-order chi connectivity index (χ1) is 11.7. The Kier molecular flexibility index (Phi) is 4.46. The highest BCUT2D eigenvalue weighted by Crippen LogP contribution is 2.54. The van der Waals surface area contributed by atoms with E-state index in [2.05, 4.69) is 92.3 Å². The van der Waals surface area contributed by atoms with Crippen LogP contribution < -0.4 is 0 Å². The van der Waals surface area contributed by atoms with Gasteiger partial charge in [0.25, 0.3) is 0 Å². The van der Waals surface area contributed by atoms with Crippen molar-refractivity contribution in [2.45, 2.75) is 29.2 Å². The minimum absolute atomic E-state index is 0.506. The van der Waals surface area contributed by atoms with Gasteiger partial charge in [0.15, 0.2) is 5.16 Å². The van der Waals surface area contributed by atoms with Gasteiger partial charge in [0.2, 0.25) is 0 Å². The molecule has 3 nitrogen and oxygen atoms in total. The van der Waals surface area contributed by atoms with Gasteiger partial charge >= 0.3 is 0 Å². The van der Waals surface area contributed by atoms with Crippen molar-refractivity contribution in [1.29, 1.82) is 0 Å². The predicted octanol–water partition coefficient (Wildman–Crippen LogP) is 5.14. The Morgan fingerprint density at radius 1 is 1.04 bits per heavy atom. The lowest BCUT2D eigenvalue weighted by molar-refractivity contribution is 0.730. The molecule has 0 amide bonds. The van der Waals surface area contributed by atoms with Gasteiger partial charge in [-0.1, -0.05) is 70.2 Å². The van der Waals surface area contributed by atoms with E-state index in [9.17, 15) is 0 Å². The molecule has 0 radical (unpaired) electrons. The van der Waals surface area contributed by atoms with Crippen LogP contribution in [0.1, 0.15) is 35.2 Å². The zero-order valence-electron chi connectivity index (χ0n) is 13.4. The van der Waals surface area contributed by atoms with Crippen LogP contribution in [0.25, 0.3) is 0 Å². The molecule has 1 aromatic heterocycles. The molecule has 5 heteroatoms. The Labute approximate surface area is 154 Å². The molecule has 0 bridgehead atoms. The van der Waals surface area contributed by atoms with Crippen LogP contribution in [0.5, 0.6) is 0 Å². The van der Waals surface area contributed by atoms with Crippen LogP contribution in [0, 0.1) is 0 Å². The molecule has 122 valence electrons. The molecule has 24 heavy (non-hydrogen) atoms. The first-order valence-corrected chi connectivity index (χ1v) is 9.81. The van der Waals surface area contributed by atoms with Gasteiger partial charge in [-0.25, -0.2) is 0 Å². The van der Waals surface area contributed by atoms with E-state index in [4.69, 9.17) is 0 Å². The van der Waals surface area contributed by atoms with Gasteiger partial charge in [-0.15, -0.1) is 10.2 Å². The number of aromatic nitrogens is 3. The van der Waals surface area contributed by atoms with Gasteiger partial charge in [-0.05, 0) is 35.6 Å². The second-order valence-corrected chi connectivity index (χ2v) is 8.03. The average Bonchev–Trinajstić information content (AvgIpc) is 3.32. The van der Waals surface area contributed by atoms with Crippen molar-refractivity contribution >= 4 is 27.7 Å². The fourth-order valence-corrected chi connectivity index (χ4v) is 4.19. The van der Waals surface area contributed by atoms with Crippen LogP contribution in [0.15, 0.2) is 64.2 Å². The summed E-state index contributed by atoms with van der Waals surface area (Å²) in [5.74, 6) is 3.12. The summed E-state index contributed by atoms with van der Waals surface area (Å²) in [4.78, 5) is 0.